The molecule has 8 nitrogen and oxygen atoms in total. The number of nitrogens with zero attached hydrogens (tertiary/aromatic N) is 3. The molecule has 0 radical (unpaired) electrons. The molecule has 1 atom stereocenters. The third-order valence-electron chi connectivity index (χ3n) is 2.34. The van der Waals surface area contributed by atoms with Gasteiger partial charge in [-0.3, -0.25) is 4.79 Å². The Morgan fingerprint density at radius 1 is 1.53 bits per heavy atom. The minimum Gasteiger partial charge on any atom is -0.345 e. The van der Waals surface area contributed by atoms with Crippen LogP contribution in [0.5, 0.6) is 0 Å². The number of carbonyl (C=O) groups excluding carboxylic acids is 1. The molecule has 1 aromatic heterocycles. The number of carbonyl (C=O) groups is 1. The number of aromatic nitrogens is 3. The summed E-state index contributed by atoms with van der Waals surface area (Å²) in [4.78, 5) is 15.7. The topological polar surface area (TPSA) is 106 Å². The summed E-state index contributed by atoms with van der Waals surface area (Å²) in [5.41, 5.74) is 0. The van der Waals surface area contributed by atoms with E-state index in [0.29, 0.717) is 5.82 Å². The highest BCUT2D eigenvalue weighted by molar-refractivity contribution is 7.88. The Bertz CT molecular complexity index is 525. The number of aryl methyl sites for hydroxylation is 1. The Kier molecular flexibility index (Phi) is 5.43. The monoisotopic (exact) mass is 289 g/mol. The van der Waals surface area contributed by atoms with Crippen molar-refractivity contribution < 1.29 is 13.2 Å². The van der Waals surface area contributed by atoms with Gasteiger partial charge in [0.2, 0.25) is 15.9 Å². The van der Waals surface area contributed by atoms with E-state index < -0.39 is 15.9 Å². The normalized spacial score (nSPS) is 13.2. The van der Waals surface area contributed by atoms with Crippen LogP contribution in [0.15, 0.2) is 6.33 Å². The third kappa shape index (κ3) is 5.35. The number of hydrogen-bond acceptors (Lipinski definition) is 5. The molecule has 0 fully saturated rings. The lowest BCUT2D eigenvalue weighted by Crippen LogP contribution is -2.38. The standard InChI is InChI=1S/C10H19N5O3S/c1-4-5-15-10(11-7-12-15)8(2)14-9(16)6-13-19(3,17)18/h7-8,13H,4-6H2,1-3H3,(H,14,16)/t8-/m1/s1. The van der Waals surface area contributed by atoms with E-state index in [-0.39, 0.29) is 12.6 Å². The molecule has 19 heavy (non-hydrogen) atoms. The summed E-state index contributed by atoms with van der Waals surface area (Å²) < 4.78 is 25.6. The minimum atomic E-state index is -3.37. The van der Waals surface area contributed by atoms with Crippen molar-refractivity contribution in [1.29, 1.82) is 0 Å². The van der Waals surface area contributed by atoms with Gasteiger partial charge in [-0.2, -0.15) is 5.10 Å². The molecule has 1 heterocycles. The highest BCUT2D eigenvalue weighted by Gasteiger charge is 2.15. The van der Waals surface area contributed by atoms with E-state index >= 15 is 0 Å². The van der Waals surface area contributed by atoms with Crippen LogP contribution in [0.4, 0.5) is 0 Å². The number of rotatable bonds is 7. The van der Waals surface area contributed by atoms with Gasteiger partial charge in [0.05, 0.1) is 18.8 Å². The molecule has 0 aliphatic rings. The smallest absolute Gasteiger partial charge is 0.235 e. The van der Waals surface area contributed by atoms with Gasteiger partial charge >= 0.3 is 0 Å². The van der Waals surface area contributed by atoms with Crippen molar-refractivity contribution >= 4 is 15.9 Å². The van der Waals surface area contributed by atoms with Crippen LogP contribution < -0.4 is 10.0 Å². The van der Waals surface area contributed by atoms with E-state index in [2.05, 4.69) is 20.1 Å². The van der Waals surface area contributed by atoms with E-state index in [4.69, 9.17) is 0 Å². The summed E-state index contributed by atoms with van der Waals surface area (Å²) in [5, 5.41) is 6.73. The van der Waals surface area contributed by atoms with Gasteiger partial charge < -0.3 is 5.32 Å². The van der Waals surface area contributed by atoms with Crippen LogP contribution in [0.2, 0.25) is 0 Å². The molecule has 1 rings (SSSR count). The molecular formula is C10H19N5O3S. The Hall–Kier alpha value is -1.48. The first-order chi connectivity index (χ1) is 8.83. The molecular weight excluding hydrogens is 270 g/mol. The van der Waals surface area contributed by atoms with E-state index in [1.54, 1.807) is 11.6 Å². The van der Waals surface area contributed by atoms with Crippen LogP contribution in [0.1, 0.15) is 32.1 Å². The lowest BCUT2D eigenvalue weighted by Gasteiger charge is -2.14. The van der Waals surface area contributed by atoms with Gasteiger partial charge in [0.1, 0.15) is 12.2 Å². The lowest BCUT2D eigenvalue weighted by molar-refractivity contribution is -0.120. The first kappa shape index (κ1) is 15.6. The second-order valence-corrected chi connectivity index (χ2v) is 6.06. The Labute approximate surface area is 112 Å². The molecule has 108 valence electrons. The SMILES string of the molecule is CCCn1ncnc1[C@@H](C)NC(=O)CNS(C)(=O)=O. The number of amides is 1. The molecule has 1 amide bonds. The van der Waals surface area contributed by atoms with E-state index in [1.165, 1.54) is 6.33 Å². The number of nitrogens with one attached hydrogen (secondary N) is 2. The van der Waals surface area contributed by atoms with Gasteiger partial charge in [-0.05, 0) is 13.3 Å². The van der Waals surface area contributed by atoms with E-state index in [0.717, 1.165) is 19.2 Å². The zero-order valence-electron chi connectivity index (χ0n) is 11.3. The number of sulfonamides is 1. The summed E-state index contributed by atoms with van der Waals surface area (Å²) in [5.74, 6) is 0.235. The van der Waals surface area contributed by atoms with Gasteiger partial charge in [-0.1, -0.05) is 6.92 Å². The summed E-state index contributed by atoms with van der Waals surface area (Å²) in [6.07, 6.45) is 3.34. The first-order valence-corrected chi connectivity index (χ1v) is 7.84. The fourth-order valence-electron chi connectivity index (χ4n) is 1.55. The average molecular weight is 289 g/mol. The van der Waals surface area contributed by atoms with Crippen LogP contribution in [-0.4, -0.2) is 41.9 Å². The molecule has 0 saturated carbocycles. The van der Waals surface area contributed by atoms with Gasteiger partial charge in [0, 0.05) is 6.54 Å². The highest BCUT2D eigenvalue weighted by atomic mass is 32.2. The van der Waals surface area contributed by atoms with Gasteiger partial charge in [0.15, 0.2) is 0 Å². The van der Waals surface area contributed by atoms with Crippen molar-refractivity contribution in [3.05, 3.63) is 12.2 Å². The van der Waals surface area contributed by atoms with Gasteiger partial charge in [0.25, 0.3) is 0 Å². The zero-order valence-corrected chi connectivity index (χ0v) is 12.1. The number of hydrogen-bond donors (Lipinski definition) is 2. The minimum absolute atomic E-state index is 0.287. The Balaban J connectivity index is 2.56. The van der Waals surface area contributed by atoms with Crippen molar-refractivity contribution in [1.82, 2.24) is 24.8 Å². The molecule has 0 aromatic carbocycles. The van der Waals surface area contributed by atoms with E-state index in [9.17, 15) is 13.2 Å². The lowest BCUT2D eigenvalue weighted by atomic mass is 10.3. The van der Waals surface area contributed by atoms with Crippen molar-refractivity contribution in [3.63, 3.8) is 0 Å². The average Bonchev–Trinajstić information content (AvgIpc) is 2.74. The zero-order chi connectivity index (χ0) is 14.5. The molecule has 0 unspecified atom stereocenters. The van der Waals surface area contributed by atoms with Crippen molar-refractivity contribution in [2.75, 3.05) is 12.8 Å². The molecule has 0 saturated heterocycles. The van der Waals surface area contributed by atoms with Crippen LogP contribution in [0, 0.1) is 0 Å². The van der Waals surface area contributed by atoms with Crippen molar-refractivity contribution in [2.24, 2.45) is 0 Å². The maximum Gasteiger partial charge on any atom is 0.235 e. The highest BCUT2D eigenvalue weighted by Crippen LogP contribution is 2.08. The summed E-state index contributed by atoms with van der Waals surface area (Å²) in [7, 11) is -3.37. The van der Waals surface area contributed by atoms with Crippen LogP contribution in [-0.2, 0) is 21.4 Å². The largest absolute Gasteiger partial charge is 0.345 e. The summed E-state index contributed by atoms with van der Waals surface area (Å²) in [6, 6.07) is -0.331. The predicted molar refractivity (Wildman–Crippen MR) is 69.7 cm³/mol. The molecule has 0 aliphatic heterocycles. The fraction of sp³-hybridized carbons (Fsp3) is 0.700. The maximum absolute atomic E-state index is 11.6. The molecule has 0 aliphatic carbocycles. The molecule has 9 heteroatoms. The Morgan fingerprint density at radius 2 is 2.21 bits per heavy atom. The van der Waals surface area contributed by atoms with Crippen LogP contribution in [0.25, 0.3) is 0 Å². The maximum atomic E-state index is 11.6. The second-order valence-electron chi connectivity index (χ2n) is 4.22. The van der Waals surface area contributed by atoms with Crippen molar-refractivity contribution in [3.8, 4) is 0 Å². The Morgan fingerprint density at radius 3 is 2.79 bits per heavy atom. The fourth-order valence-corrected chi connectivity index (χ4v) is 1.94. The van der Waals surface area contributed by atoms with Gasteiger partial charge in [-0.15, -0.1) is 0 Å². The van der Waals surface area contributed by atoms with Crippen LogP contribution >= 0.6 is 0 Å². The third-order valence-corrected chi connectivity index (χ3v) is 3.01. The molecule has 2 N–H and O–H groups in total. The second kappa shape index (κ2) is 6.62. The first-order valence-electron chi connectivity index (χ1n) is 5.95. The van der Waals surface area contributed by atoms with Crippen molar-refractivity contribution in [2.45, 2.75) is 32.9 Å². The molecule has 0 spiro atoms. The van der Waals surface area contributed by atoms with Crippen LogP contribution in [0.3, 0.4) is 0 Å². The van der Waals surface area contributed by atoms with Gasteiger partial charge in [-0.25, -0.2) is 22.8 Å². The quantitative estimate of drug-likeness (QED) is 0.698. The van der Waals surface area contributed by atoms with E-state index in [1.807, 2.05) is 6.92 Å². The molecule has 1 aromatic rings. The molecule has 0 bridgehead atoms. The summed E-state index contributed by atoms with van der Waals surface area (Å²) in [6.45, 7) is 4.22. The predicted octanol–water partition coefficient (Wildman–Crippen LogP) is -0.585. The summed E-state index contributed by atoms with van der Waals surface area (Å²) >= 11 is 0.